The van der Waals surface area contributed by atoms with Crippen LogP contribution in [-0.2, 0) is 0 Å². The quantitative estimate of drug-likeness (QED) is 0.552. The number of hydrogen-bond acceptors (Lipinski definition) is 2. The molecule has 0 aromatic rings. The molecule has 0 aliphatic carbocycles. The fourth-order valence-corrected chi connectivity index (χ4v) is 0.408. The van der Waals surface area contributed by atoms with Gasteiger partial charge in [0, 0.05) is 6.04 Å². The van der Waals surface area contributed by atoms with Gasteiger partial charge in [0.15, 0.2) is 0 Å². The molecule has 0 radical (unpaired) electrons. The van der Waals surface area contributed by atoms with Gasteiger partial charge in [-0.3, -0.25) is 0 Å². The first kappa shape index (κ1) is 10.0. The maximum atomic E-state index is 3.21. The second-order valence-corrected chi connectivity index (χ2v) is 1.71. The van der Waals surface area contributed by atoms with Gasteiger partial charge in [-0.05, 0) is 6.54 Å². The number of hydrogen-bond donors (Lipinski definition) is 2. The molecule has 46 valence electrons. The molecular formula is C5H16N2. The second-order valence-electron chi connectivity index (χ2n) is 1.71. The lowest BCUT2D eigenvalue weighted by atomic mass is 10.4. The van der Waals surface area contributed by atoms with Crippen molar-refractivity contribution in [3.05, 3.63) is 0 Å². The molecule has 0 bridgehead atoms. The molecule has 0 unspecified atom stereocenters. The lowest BCUT2D eigenvalue weighted by molar-refractivity contribution is 0.613. The van der Waals surface area contributed by atoms with E-state index in [2.05, 4.69) is 26.1 Å². The van der Waals surface area contributed by atoms with E-state index in [0.717, 1.165) is 6.54 Å². The summed E-state index contributed by atoms with van der Waals surface area (Å²) in [7, 11) is 0. The van der Waals surface area contributed by atoms with Crippen LogP contribution in [0.4, 0.5) is 0 Å². The summed E-state index contributed by atoms with van der Waals surface area (Å²) in [6, 6.07) is 0.648. The molecule has 0 saturated carbocycles. The standard InChI is InChI=1S/C5H13N.H3N/c1-4-6-5(2)3;/h5-6H,4H2,1-3H3;1H3. The number of rotatable bonds is 2. The molecule has 0 aromatic carbocycles. The van der Waals surface area contributed by atoms with E-state index in [-0.39, 0.29) is 6.15 Å². The van der Waals surface area contributed by atoms with Gasteiger partial charge in [-0.15, -0.1) is 0 Å². The van der Waals surface area contributed by atoms with Gasteiger partial charge in [0.25, 0.3) is 0 Å². The maximum Gasteiger partial charge on any atom is 0.00102 e. The average Bonchev–Trinajstić information content (AvgIpc) is 1.35. The van der Waals surface area contributed by atoms with Crippen LogP contribution in [0.5, 0.6) is 0 Å². The van der Waals surface area contributed by atoms with Crippen molar-refractivity contribution in [2.24, 2.45) is 0 Å². The van der Waals surface area contributed by atoms with Gasteiger partial charge in [0.05, 0.1) is 0 Å². The van der Waals surface area contributed by atoms with Crippen LogP contribution >= 0.6 is 0 Å². The Morgan fingerprint density at radius 1 is 1.43 bits per heavy atom. The Morgan fingerprint density at radius 2 is 1.86 bits per heavy atom. The van der Waals surface area contributed by atoms with Crippen LogP contribution in [0, 0.1) is 0 Å². The summed E-state index contributed by atoms with van der Waals surface area (Å²) in [6.07, 6.45) is 0. The minimum absolute atomic E-state index is 0. The van der Waals surface area contributed by atoms with E-state index < -0.39 is 0 Å². The molecule has 0 fully saturated rings. The average molecular weight is 104 g/mol. The monoisotopic (exact) mass is 104 g/mol. The molecule has 0 atom stereocenters. The van der Waals surface area contributed by atoms with Crippen molar-refractivity contribution in [2.75, 3.05) is 6.54 Å². The Hall–Kier alpha value is -0.0800. The predicted molar refractivity (Wildman–Crippen MR) is 33.8 cm³/mol. The van der Waals surface area contributed by atoms with E-state index in [1.807, 2.05) is 0 Å². The van der Waals surface area contributed by atoms with Gasteiger partial charge >= 0.3 is 0 Å². The van der Waals surface area contributed by atoms with Gasteiger partial charge in [0.2, 0.25) is 0 Å². The smallest absolute Gasteiger partial charge is 0.00102 e. The van der Waals surface area contributed by atoms with E-state index in [4.69, 9.17) is 0 Å². The summed E-state index contributed by atoms with van der Waals surface area (Å²) in [5, 5.41) is 3.21. The maximum absolute atomic E-state index is 3.21. The highest BCUT2D eigenvalue weighted by atomic mass is 14.9. The van der Waals surface area contributed by atoms with Crippen molar-refractivity contribution in [1.29, 1.82) is 0 Å². The highest BCUT2D eigenvalue weighted by Gasteiger charge is 1.82. The SMILES string of the molecule is CCNC(C)C.N. The topological polar surface area (TPSA) is 47.0 Å². The molecule has 2 nitrogen and oxygen atoms in total. The Balaban J connectivity index is 0. The summed E-state index contributed by atoms with van der Waals surface area (Å²) in [4.78, 5) is 0. The van der Waals surface area contributed by atoms with Gasteiger partial charge in [0.1, 0.15) is 0 Å². The van der Waals surface area contributed by atoms with Gasteiger partial charge in [-0.25, -0.2) is 0 Å². The highest BCUT2D eigenvalue weighted by Crippen LogP contribution is 1.70. The van der Waals surface area contributed by atoms with E-state index in [1.54, 1.807) is 0 Å². The van der Waals surface area contributed by atoms with E-state index >= 15 is 0 Å². The van der Waals surface area contributed by atoms with E-state index in [0.29, 0.717) is 6.04 Å². The molecule has 0 heterocycles. The zero-order valence-electron chi connectivity index (χ0n) is 5.49. The lowest BCUT2D eigenvalue weighted by Gasteiger charge is -2.00. The normalized spacial score (nSPS) is 8.57. The summed E-state index contributed by atoms with van der Waals surface area (Å²) >= 11 is 0. The van der Waals surface area contributed by atoms with E-state index in [1.165, 1.54) is 0 Å². The van der Waals surface area contributed by atoms with Crippen molar-refractivity contribution in [3.63, 3.8) is 0 Å². The fourth-order valence-electron chi connectivity index (χ4n) is 0.408. The van der Waals surface area contributed by atoms with Crippen molar-refractivity contribution in [3.8, 4) is 0 Å². The molecule has 0 rings (SSSR count). The predicted octanol–water partition coefficient (Wildman–Crippen LogP) is 1.17. The van der Waals surface area contributed by atoms with Crippen LogP contribution in [0.1, 0.15) is 20.8 Å². The van der Waals surface area contributed by atoms with Crippen LogP contribution in [0.15, 0.2) is 0 Å². The summed E-state index contributed by atoms with van der Waals surface area (Å²) in [5.74, 6) is 0. The van der Waals surface area contributed by atoms with Crippen LogP contribution in [0.25, 0.3) is 0 Å². The lowest BCUT2D eigenvalue weighted by Crippen LogP contribution is -2.21. The fraction of sp³-hybridized carbons (Fsp3) is 1.00. The van der Waals surface area contributed by atoms with Gasteiger partial charge in [-0.1, -0.05) is 20.8 Å². The molecule has 0 spiro atoms. The van der Waals surface area contributed by atoms with E-state index in [9.17, 15) is 0 Å². The molecule has 0 aromatic heterocycles. The molecule has 0 amide bonds. The van der Waals surface area contributed by atoms with Gasteiger partial charge < -0.3 is 11.5 Å². The van der Waals surface area contributed by atoms with Crippen LogP contribution in [-0.4, -0.2) is 12.6 Å². The third kappa shape index (κ3) is 10.7. The Labute approximate surface area is 45.9 Å². The Morgan fingerprint density at radius 3 is 1.86 bits per heavy atom. The molecule has 4 N–H and O–H groups in total. The van der Waals surface area contributed by atoms with Crippen LogP contribution < -0.4 is 11.5 Å². The third-order valence-electron chi connectivity index (χ3n) is 0.612. The molecular weight excluding hydrogens is 88.1 g/mol. The first-order valence-electron chi connectivity index (χ1n) is 2.50. The van der Waals surface area contributed by atoms with Crippen molar-refractivity contribution in [1.82, 2.24) is 11.5 Å². The number of nitrogens with one attached hydrogen (secondary N) is 1. The van der Waals surface area contributed by atoms with Crippen LogP contribution in [0.2, 0.25) is 0 Å². The van der Waals surface area contributed by atoms with Crippen LogP contribution in [0.3, 0.4) is 0 Å². The Bertz CT molecular complexity index is 27.3. The molecule has 0 aliphatic rings. The largest absolute Gasteiger partial charge is 0.344 e. The zero-order chi connectivity index (χ0) is 4.99. The summed E-state index contributed by atoms with van der Waals surface area (Å²) < 4.78 is 0. The highest BCUT2D eigenvalue weighted by molar-refractivity contribution is 4.46. The molecule has 0 aliphatic heterocycles. The van der Waals surface area contributed by atoms with Crippen molar-refractivity contribution >= 4 is 0 Å². The van der Waals surface area contributed by atoms with Crippen molar-refractivity contribution in [2.45, 2.75) is 26.8 Å². The zero-order valence-corrected chi connectivity index (χ0v) is 5.49. The van der Waals surface area contributed by atoms with Crippen molar-refractivity contribution < 1.29 is 0 Å². The summed E-state index contributed by atoms with van der Waals surface area (Å²) in [5.41, 5.74) is 0. The second kappa shape index (κ2) is 5.92. The first-order chi connectivity index (χ1) is 2.77. The molecule has 0 saturated heterocycles. The molecule has 2 heteroatoms. The third-order valence-corrected chi connectivity index (χ3v) is 0.612. The molecule has 7 heavy (non-hydrogen) atoms. The summed E-state index contributed by atoms with van der Waals surface area (Å²) in [6.45, 7) is 7.48. The van der Waals surface area contributed by atoms with Gasteiger partial charge in [-0.2, -0.15) is 0 Å². The Kier molecular flexibility index (Phi) is 8.47. The minimum Gasteiger partial charge on any atom is -0.344 e. The minimum atomic E-state index is 0. The first-order valence-corrected chi connectivity index (χ1v) is 2.50.